The predicted octanol–water partition coefficient (Wildman–Crippen LogP) is 4.01. The second-order valence-electron chi connectivity index (χ2n) is 7.35. The van der Waals surface area contributed by atoms with Gasteiger partial charge in [-0.1, -0.05) is 12.1 Å². The third kappa shape index (κ3) is 3.96. The van der Waals surface area contributed by atoms with Gasteiger partial charge in [-0.25, -0.2) is 0 Å². The Balaban J connectivity index is 1.38. The lowest BCUT2D eigenvalue weighted by atomic mass is 10.2. The van der Waals surface area contributed by atoms with Crippen LogP contribution in [0.3, 0.4) is 0 Å². The fourth-order valence-electron chi connectivity index (χ4n) is 3.55. The molecule has 1 aliphatic rings. The molecule has 2 heterocycles. The first kappa shape index (κ1) is 18.3. The Labute approximate surface area is 164 Å². The first-order valence-corrected chi connectivity index (χ1v) is 9.77. The molecule has 1 N–H and O–H groups in total. The van der Waals surface area contributed by atoms with Gasteiger partial charge in [0, 0.05) is 18.7 Å². The average Bonchev–Trinajstić information content (AvgIpc) is 3.32. The van der Waals surface area contributed by atoms with Crippen molar-refractivity contribution in [2.24, 2.45) is 0 Å². The molecule has 2 aromatic carbocycles. The van der Waals surface area contributed by atoms with Gasteiger partial charge >= 0.3 is 0 Å². The van der Waals surface area contributed by atoms with Crippen LogP contribution in [-0.4, -0.2) is 36.1 Å². The van der Waals surface area contributed by atoms with Gasteiger partial charge in [0.2, 0.25) is 0 Å². The zero-order valence-corrected chi connectivity index (χ0v) is 16.2. The molecule has 0 aliphatic carbocycles. The van der Waals surface area contributed by atoms with Crippen molar-refractivity contribution < 1.29 is 13.9 Å². The summed E-state index contributed by atoms with van der Waals surface area (Å²) >= 11 is 0. The molecule has 1 aliphatic heterocycles. The van der Waals surface area contributed by atoms with Crippen LogP contribution >= 0.6 is 0 Å². The highest BCUT2D eigenvalue weighted by molar-refractivity contribution is 5.94. The molecule has 1 atom stereocenters. The van der Waals surface area contributed by atoms with Crippen LogP contribution in [0.1, 0.15) is 37.0 Å². The third-order valence-corrected chi connectivity index (χ3v) is 4.89. The topological polar surface area (TPSA) is 67.6 Å². The largest absolute Gasteiger partial charge is 0.491 e. The zero-order valence-electron chi connectivity index (χ0n) is 16.2. The summed E-state index contributed by atoms with van der Waals surface area (Å²) in [5.74, 6) is 0.685. The summed E-state index contributed by atoms with van der Waals surface area (Å²) in [5.41, 5.74) is 2.27. The summed E-state index contributed by atoms with van der Waals surface area (Å²) in [5, 5.41) is 3.04. The third-order valence-electron chi connectivity index (χ3n) is 4.89. The molecule has 1 saturated heterocycles. The fourth-order valence-corrected chi connectivity index (χ4v) is 3.55. The highest BCUT2D eigenvalue weighted by Gasteiger charge is 2.28. The highest BCUT2D eigenvalue weighted by atomic mass is 16.5. The van der Waals surface area contributed by atoms with Crippen LogP contribution < -0.4 is 15.0 Å². The molecule has 1 unspecified atom stereocenters. The number of carbonyl (C=O) groups excluding carboxylic acids is 1. The van der Waals surface area contributed by atoms with Crippen LogP contribution in [-0.2, 0) is 0 Å². The number of para-hydroxylation sites is 2. The molecule has 0 spiro atoms. The summed E-state index contributed by atoms with van der Waals surface area (Å²) in [6.45, 7) is 5.39. The van der Waals surface area contributed by atoms with Gasteiger partial charge in [-0.15, -0.1) is 0 Å². The Morgan fingerprint density at radius 3 is 2.79 bits per heavy atom. The van der Waals surface area contributed by atoms with Crippen molar-refractivity contribution in [1.82, 2.24) is 10.3 Å². The summed E-state index contributed by atoms with van der Waals surface area (Å²) in [6.07, 6.45) is 2.17. The average molecular weight is 379 g/mol. The van der Waals surface area contributed by atoms with E-state index in [0.29, 0.717) is 18.1 Å². The van der Waals surface area contributed by atoms with Gasteiger partial charge < -0.3 is 19.4 Å². The molecule has 0 saturated carbocycles. The normalized spacial score (nSPS) is 16.7. The van der Waals surface area contributed by atoms with Crippen LogP contribution in [0.2, 0.25) is 0 Å². The van der Waals surface area contributed by atoms with Gasteiger partial charge in [0.05, 0.1) is 12.1 Å². The summed E-state index contributed by atoms with van der Waals surface area (Å²) in [4.78, 5) is 19.3. The van der Waals surface area contributed by atoms with Crippen molar-refractivity contribution in [3.8, 4) is 5.75 Å². The second-order valence-corrected chi connectivity index (χ2v) is 7.35. The lowest BCUT2D eigenvalue weighted by Gasteiger charge is -2.23. The van der Waals surface area contributed by atoms with Crippen molar-refractivity contribution >= 4 is 23.0 Å². The maximum Gasteiger partial charge on any atom is 0.298 e. The maximum absolute atomic E-state index is 12.5. The van der Waals surface area contributed by atoms with E-state index in [1.54, 1.807) is 12.1 Å². The summed E-state index contributed by atoms with van der Waals surface area (Å²) < 4.78 is 11.5. The van der Waals surface area contributed by atoms with E-state index in [-0.39, 0.29) is 18.1 Å². The zero-order chi connectivity index (χ0) is 19.5. The minimum absolute atomic E-state index is 0.0829. The van der Waals surface area contributed by atoms with E-state index in [1.807, 2.05) is 50.2 Å². The van der Waals surface area contributed by atoms with Crippen LogP contribution in [0, 0.1) is 0 Å². The van der Waals surface area contributed by atoms with Crippen LogP contribution in [0.15, 0.2) is 52.9 Å². The molecule has 1 aromatic heterocycles. The number of benzene rings is 2. The SMILES string of the molecule is CC(C)Oc1ccc(C(=O)NCC2CCCN2c2nc3ccccc3o2)cc1. The second kappa shape index (κ2) is 7.92. The first-order chi connectivity index (χ1) is 13.6. The lowest BCUT2D eigenvalue weighted by Crippen LogP contribution is -2.40. The number of hydrogen-bond acceptors (Lipinski definition) is 5. The minimum Gasteiger partial charge on any atom is -0.491 e. The number of nitrogens with one attached hydrogen (secondary N) is 1. The number of aromatic nitrogens is 1. The Kier molecular flexibility index (Phi) is 5.19. The van der Waals surface area contributed by atoms with Gasteiger partial charge in [0.25, 0.3) is 11.9 Å². The molecule has 3 aromatic rings. The molecule has 6 nitrogen and oxygen atoms in total. The van der Waals surface area contributed by atoms with Crippen LogP contribution in [0.4, 0.5) is 6.01 Å². The molecule has 0 bridgehead atoms. The lowest BCUT2D eigenvalue weighted by molar-refractivity contribution is 0.0951. The van der Waals surface area contributed by atoms with Gasteiger partial charge in [-0.2, -0.15) is 4.98 Å². The van der Waals surface area contributed by atoms with Crippen molar-refractivity contribution in [1.29, 1.82) is 0 Å². The Bertz CT molecular complexity index is 916. The van der Waals surface area contributed by atoms with Crippen LogP contribution in [0.25, 0.3) is 11.1 Å². The van der Waals surface area contributed by atoms with E-state index < -0.39 is 0 Å². The molecular weight excluding hydrogens is 354 g/mol. The number of rotatable bonds is 6. The van der Waals surface area contributed by atoms with Gasteiger partial charge in [0.15, 0.2) is 5.58 Å². The smallest absolute Gasteiger partial charge is 0.298 e. The quantitative estimate of drug-likeness (QED) is 0.701. The van der Waals surface area contributed by atoms with Crippen molar-refractivity contribution in [2.75, 3.05) is 18.0 Å². The van der Waals surface area contributed by atoms with Crippen LogP contribution in [0.5, 0.6) is 5.75 Å². The Hall–Kier alpha value is -3.02. The highest BCUT2D eigenvalue weighted by Crippen LogP contribution is 2.28. The molecule has 0 radical (unpaired) electrons. The Morgan fingerprint density at radius 1 is 1.25 bits per heavy atom. The monoisotopic (exact) mass is 379 g/mol. The van der Waals surface area contributed by atoms with E-state index in [1.165, 1.54) is 0 Å². The van der Waals surface area contributed by atoms with Crippen molar-refractivity contribution in [3.63, 3.8) is 0 Å². The molecule has 1 amide bonds. The van der Waals surface area contributed by atoms with Crippen molar-refractivity contribution in [3.05, 3.63) is 54.1 Å². The molecule has 4 rings (SSSR count). The number of anilines is 1. The van der Waals surface area contributed by atoms with E-state index in [2.05, 4.69) is 15.2 Å². The fraction of sp³-hybridized carbons (Fsp3) is 0.364. The number of hydrogen-bond donors (Lipinski definition) is 1. The standard InChI is InChI=1S/C22H25N3O3/c1-15(2)27-18-11-9-16(10-12-18)21(26)23-14-17-6-5-13-25(17)22-24-19-7-3-4-8-20(19)28-22/h3-4,7-12,15,17H,5-6,13-14H2,1-2H3,(H,23,26). The number of amides is 1. The van der Waals surface area contributed by atoms with Gasteiger partial charge in [0.1, 0.15) is 11.3 Å². The number of fused-ring (bicyclic) bond motifs is 1. The number of carbonyl (C=O) groups is 1. The van der Waals surface area contributed by atoms with Gasteiger partial charge in [-0.05, 0) is 63.1 Å². The number of ether oxygens (including phenoxy) is 1. The van der Waals surface area contributed by atoms with E-state index >= 15 is 0 Å². The minimum atomic E-state index is -0.0829. The first-order valence-electron chi connectivity index (χ1n) is 9.77. The maximum atomic E-state index is 12.5. The number of nitrogens with zero attached hydrogens (tertiary/aromatic N) is 2. The van der Waals surface area contributed by atoms with E-state index in [0.717, 1.165) is 36.2 Å². The molecule has 6 heteroatoms. The molecule has 1 fully saturated rings. The Morgan fingerprint density at radius 2 is 2.04 bits per heavy atom. The van der Waals surface area contributed by atoms with E-state index in [4.69, 9.17) is 9.15 Å². The molecular formula is C22H25N3O3. The van der Waals surface area contributed by atoms with Crippen molar-refractivity contribution in [2.45, 2.75) is 38.8 Å². The predicted molar refractivity (Wildman–Crippen MR) is 109 cm³/mol. The van der Waals surface area contributed by atoms with E-state index in [9.17, 15) is 4.79 Å². The number of oxazole rings is 1. The van der Waals surface area contributed by atoms with Gasteiger partial charge in [-0.3, -0.25) is 4.79 Å². The molecule has 28 heavy (non-hydrogen) atoms. The summed E-state index contributed by atoms with van der Waals surface area (Å²) in [6, 6.07) is 15.8. The molecule has 146 valence electrons. The summed E-state index contributed by atoms with van der Waals surface area (Å²) in [7, 11) is 0.